The van der Waals surface area contributed by atoms with Crippen molar-refractivity contribution in [2.24, 2.45) is 0 Å². The molecule has 2 heterocycles. The van der Waals surface area contributed by atoms with Crippen molar-refractivity contribution in [1.29, 1.82) is 0 Å². The molecule has 1 fully saturated rings. The van der Waals surface area contributed by atoms with Gasteiger partial charge in [-0.1, -0.05) is 0 Å². The number of hydrogen-bond acceptors (Lipinski definition) is 4. The number of nitrogens with one attached hydrogen (secondary N) is 1. The first kappa shape index (κ1) is 12.6. The van der Waals surface area contributed by atoms with Crippen molar-refractivity contribution in [2.75, 3.05) is 6.61 Å². The standard InChI is InChI=1S/C13H22N2O2/c1-13(2,3)15-8-11-12(17-9-14-11)7-10-5-4-6-16-10/h9-10,15H,4-8H2,1-3H3. The smallest absolute Gasteiger partial charge is 0.181 e. The van der Waals surface area contributed by atoms with Gasteiger partial charge in [0.2, 0.25) is 0 Å². The highest BCUT2D eigenvalue weighted by Gasteiger charge is 2.20. The molecule has 1 aromatic heterocycles. The highest BCUT2D eigenvalue weighted by molar-refractivity contribution is 5.09. The predicted octanol–water partition coefficient (Wildman–Crippen LogP) is 2.28. The third-order valence-electron chi connectivity index (χ3n) is 2.95. The van der Waals surface area contributed by atoms with Crippen molar-refractivity contribution in [3.05, 3.63) is 17.8 Å². The summed E-state index contributed by atoms with van der Waals surface area (Å²) < 4.78 is 11.1. The molecule has 2 rings (SSSR count). The average molecular weight is 238 g/mol. The van der Waals surface area contributed by atoms with Gasteiger partial charge in [-0.3, -0.25) is 0 Å². The Labute approximate surface area is 103 Å². The van der Waals surface area contributed by atoms with Crippen molar-refractivity contribution in [1.82, 2.24) is 10.3 Å². The van der Waals surface area contributed by atoms with E-state index in [-0.39, 0.29) is 5.54 Å². The maximum absolute atomic E-state index is 5.62. The summed E-state index contributed by atoms with van der Waals surface area (Å²) in [5, 5.41) is 3.43. The molecule has 1 aliphatic heterocycles. The van der Waals surface area contributed by atoms with Crippen LogP contribution < -0.4 is 5.32 Å². The van der Waals surface area contributed by atoms with E-state index < -0.39 is 0 Å². The molecule has 0 saturated carbocycles. The second-order valence-electron chi connectivity index (χ2n) is 5.66. The van der Waals surface area contributed by atoms with Gasteiger partial charge in [-0.05, 0) is 33.6 Å². The summed E-state index contributed by atoms with van der Waals surface area (Å²) in [5.41, 5.74) is 1.11. The molecule has 0 radical (unpaired) electrons. The van der Waals surface area contributed by atoms with Crippen LogP contribution in [0.1, 0.15) is 45.1 Å². The fourth-order valence-electron chi connectivity index (χ4n) is 1.96. The second-order valence-corrected chi connectivity index (χ2v) is 5.66. The van der Waals surface area contributed by atoms with Gasteiger partial charge in [0.15, 0.2) is 6.39 Å². The van der Waals surface area contributed by atoms with Gasteiger partial charge in [0.25, 0.3) is 0 Å². The molecule has 4 nitrogen and oxygen atoms in total. The van der Waals surface area contributed by atoms with E-state index in [1.54, 1.807) is 0 Å². The largest absolute Gasteiger partial charge is 0.448 e. The summed E-state index contributed by atoms with van der Waals surface area (Å²) in [6.07, 6.45) is 4.99. The molecular weight excluding hydrogens is 216 g/mol. The van der Waals surface area contributed by atoms with E-state index in [1.807, 2.05) is 0 Å². The fraction of sp³-hybridized carbons (Fsp3) is 0.769. The molecule has 0 aliphatic carbocycles. The van der Waals surface area contributed by atoms with Crippen LogP contribution in [0, 0.1) is 0 Å². The Morgan fingerprint density at radius 1 is 1.47 bits per heavy atom. The van der Waals surface area contributed by atoms with Crippen LogP contribution in [0.2, 0.25) is 0 Å². The van der Waals surface area contributed by atoms with Gasteiger partial charge in [0.1, 0.15) is 5.76 Å². The molecule has 1 unspecified atom stereocenters. The lowest BCUT2D eigenvalue weighted by atomic mass is 10.1. The van der Waals surface area contributed by atoms with Crippen LogP contribution in [0.25, 0.3) is 0 Å². The SMILES string of the molecule is CC(C)(C)NCc1ncoc1CC1CCCO1. The molecule has 96 valence electrons. The summed E-state index contributed by atoms with van der Waals surface area (Å²) in [7, 11) is 0. The van der Waals surface area contributed by atoms with Gasteiger partial charge < -0.3 is 14.5 Å². The zero-order valence-corrected chi connectivity index (χ0v) is 11.0. The van der Waals surface area contributed by atoms with E-state index in [9.17, 15) is 0 Å². The monoisotopic (exact) mass is 238 g/mol. The van der Waals surface area contributed by atoms with Crippen LogP contribution >= 0.6 is 0 Å². The van der Waals surface area contributed by atoms with E-state index in [2.05, 4.69) is 31.1 Å². The number of hydrogen-bond donors (Lipinski definition) is 1. The topological polar surface area (TPSA) is 47.3 Å². The normalized spacial score (nSPS) is 21.0. The van der Waals surface area contributed by atoms with E-state index in [0.29, 0.717) is 6.10 Å². The van der Waals surface area contributed by atoms with E-state index in [0.717, 1.165) is 43.9 Å². The van der Waals surface area contributed by atoms with Gasteiger partial charge in [0.05, 0.1) is 11.8 Å². The molecule has 0 aromatic carbocycles. The van der Waals surface area contributed by atoms with Crippen LogP contribution in [-0.2, 0) is 17.7 Å². The lowest BCUT2D eigenvalue weighted by Gasteiger charge is -2.20. The van der Waals surface area contributed by atoms with Crippen LogP contribution in [0.15, 0.2) is 10.8 Å². The number of oxazole rings is 1. The minimum atomic E-state index is 0.0973. The first-order valence-electron chi connectivity index (χ1n) is 6.32. The van der Waals surface area contributed by atoms with Gasteiger partial charge in [-0.15, -0.1) is 0 Å². The summed E-state index contributed by atoms with van der Waals surface area (Å²) in [5.74, 6) is 0.966. The summed E-state index contributed by atoms with van der Waals surface area (Å²) >= 11 is 0. The quantitative estimate of drug-likeness (QED) is 0.874. The van der Waals surface area contributed by atoms with E-state index >= 15 is 0 Å². The lowest BCUT2D eigenvalue weighted by Crippen LogP contribution is -2.35. The Kier molecular flexibility index (Phi) is 3.84. The van der Waals surface area contributed by atoms with Crippen molar-refractivity contribution in [3.8, 4) is 0 Å². The molecule has 17 heavy (non-hydrogen) atoms. The Hall–Kier alpha value is -0.870. The molecule has 1 aliphatic rings. The van der Waals surface area contributed by atoms with Crippen molar-refractivity contribution < 1.29 is 9.15 Å². The lowest BCUT2D eigenvalue weighted by molar-refractivity contribution is 0.106. The summed E-state index contributed by atoms with van der Waals surface area (Å²) in [6.45, 7) is 8.07. The minimum Gasteiger partial charge on any atom is -0.448 e. The predicted molar refractivity (Wildman–Crippen MR) is 65.8 cm³/mol. The van der Waals surface area contributed by atoms with Crippen molar-refractivity contribution in [2.45, 2.75) is 58.2 Å². The Balaban J connectivity index is 1.91. The first-order chi connectivity index (χ1) is 8.04. The molecule has 0 amide bonds. The van der Waals surface area contributed by atoms with Gasteiger partial charge >= 0.3 is 0 Å². The Bertz CT molecular complexity index is 349. The van der Waals surface area contributed by atoms with E-state index in [4.69, 9.17) is 9.15 Å². The van der Waals surface area contributed by atoms with Crippen molar-refractivity contribution in [3.63, 3.8) is 0 Å². The highest BCUT2D eigenvalue weighted by Crippen LogP contribution is 2.19. The molecule has 1 atom stereocenters. The zero-order chi connectivity index (χ0) is 12.3. The third-order valence-corrected chi connectivity index (χ3v) is 2.95. The average Bonchev–Trinajstić information content (AvgIpc) is 2.86. The number of rotatable bonds is 4. The second kappa shape index (κ2) is 5.19. The van der Waals surface area contributed by atoms with Crippen LogP contribution in [0.3, 0.4) is 0 Å². The first-order valence-corrected chi connectivity index (χ1v) is 6.32. The van der Waals surface area contributed by atoms with Gasteiger partial charge in [0, 0.05) is 25.1 Å². The molecule has 4 heteroatoms. The molecule has 0 bridgehead atoms. The molecular formula is C13H22N2O2. The third kappa shape index (κ3) is 3.82. The highest BCUT2D eigenvalue weighted by atomic mass is 16.5. The molecule has 0 spiro atoms. The molecule has 1 aromatic rings. The summed E-state index contributed by atoms with van der Waals surface area (Å²) in [6, 6.07) is 0. The van der Waals surface area contributed by atoms with Gasteiger partial charge in [-0.2, -0.15) is 0 Å². The number of nitrogens with zero attached hydrogens (tertiary/aromatic N) is 1. The number of ether oxygens (including phenoxy) is 1. The minimum absolute atomic E-state index is 0.0973. The maximum Gasteiger partial charge on any atom is 0.181 e. The zero-order valence-electron chi connectivity index (χ0n) is 11.0. The molecule has 1 N–H and O–H groups in total. The Morgan fingerprint density at radius 3 is 2.94 bits per heavy atom. The van der Waals surface area contributed by atoms with Gasteiger partial charge in [-0.25, -0.2) is 4.98 Å². The summed E-state index contributed by atoms with van der Waals surface area (Å²) in [4.78, 5) is 4.28. The van der Waals surface area contributed by atoms with E-state index in [1.165, 1.54) is 6.39 Å². The fourth-order valence-corrected chi connectivity index (χ4v) is 1.96. The number of aromatic nitrogens is 1. The van der Waals surface area contributed by atoms with Crippen molar-refractivity contribution >= 4 is 0 Å². The van der Waals surface area contributed by atoms with Crippen LogP contribution in [0.5, 0.6) is 0 Å². The Morgan fingerprint density at radius 2 is 2.29 bits per heavy atom. The molecule has 1 saturated heterocycles. The van der Waals surface area contributed by atoms with Crippen LogP contribution in [-0.4, -0.2) is 23.2 Å². The maximum atomic E-state index is 5.62. The van der Waals surface area contributed by atoms with Crippen LogP contribution in [0.4, 0.5) is 0 Å².